The van der Waals surface area contributed by atoms with Gasteiger partial charge in [0.2, 0.25) is 0 Å². The molecule has 0 amide bonds. The van der Waals surface area contributed by atoms with Crippen molar-refractivity contribution in [3.05, 3.63) is 22.4 Å². The zero-order valence-corrected chi connectivity index (χ0v) is 9.84. The van der Waals surface area contributed by atoms with Crippen LogP contribution >= 0.6 is 11.3 Å². The van der Waals surface area contributed by atoms with Gasteiger partial charge in [-0.1, -0.05) is 13.0 Å². The predicted octanol–water partition coefficient (Wildman–Crippen LogP) is 2.56. The molecule has 2 N–H and O–H groups in total. The van der Waals surface area contributed by atoms with E-state index < -0.39 is 0 Å². The van der Waals surface area contributed by atoms with E-state index in [0.29, 0.717) is 6.04 Å². The van der Waals surface area contributed by atoms with Gasteiger partial charge in [0.15, 0.2) is 0 Å². The van der Waals surface area contributed by atoms with Crippen molar-refractivity contribution in [3.63, 3.8) is 0 Å². The van der Waals surface area contributed by atoms with Crippen LogP contribution in [0.3, 0.4) is 0 Å². The molecule has 1 heterocycles. The van der Waals surface area contributed by atoms with Gasteiger partial charge in [-0.25, -0.2) is 0 Å². The summed E-state index contributed by atoms with van der Waals surface area (Å²) in [5, 5.41) is 15.3. The van der Waals surface area contributed by atoms with E-state index in [1.807, 2.05) is 24.4 Å². The summed E-state index contributed by atoms with van der Waals surface area (Å²) < 4.78 is 0. The Bertz CT molecular complexity index is 248. The van der Waals surface area contributed by atoms with Crippen molar-refractivity contribution in [1.29, 1.82) is 0 Å². The molecule has 1 aromatic heterocycles. The van der Waals surface area contributed by atoms with E-state index in [-0.39, 0.29) is 12.1 Å². The largest absolute Gasteiger partial charge is 0.386 e. The van der Waals surface area contributed by atoms with Crippen LogP contribution in [-0.4, -0.2) is 17.2 Å². The van der Waals surface area contributed by atoms with Crippen LogP contribution in [-0.2, 0) is 0 Å². The molecule has 0 aromatic carbocycles. The van der Waals surface area contributed by atoms with Crippen LogP contribution in [0.15, 0.2) is 17.5 Å². The second-order valence-corrected chi connectivity index (χ2v) is 4.70. The van der Waals surface area contributed by atoms with Gasteiger partial charge in [0.25, 0.3) is 0 Å². The average molecular weight is 213 g/mol. The molecule has 1 rings (SSSR count). The molecule has 0 aliphatic rings. The lowest BCUT2D eigenvalue weighted by Crippen LogP contribution is -2.37. The van der Waals surface area contributed by atoms with Gasteiger partial charge in [0, 0.05) is 17.0 Å². The Morgan fingerprint density at radius 3 is 2.71 bits per heavy atom. The first kappa shape index (κ1) is 11.7. The third-order valence-electron chi connectivity index (χ3n) is 2.47. The van der Waals surface area contributed by atoms with Gasteiger partial charge in [-0.15, -0.1) is 11.3 Å². The molecule has 3 unspecified atom stereocenters. The van der Waals surface area contributed by atoms with Gasteiger partial charge in [-0.05, 0) is 31.7 Å². The highest BCUT2D eigenvalue weighted by atomic mass is 32.1. The highest BCUT2D eigenvalue weighted by molar-refractivity contribution is 7.10. The molecule has 0 fully saturated rings. The molecule has 14 heavy (non-hydrogen) atoms. The van der Waals surface area contributed by atoms with Crippen molar-refractivity contribution in [2.45, 2.75) is 45.4 Å². The first-order valence-electron chi connectivity index (χ1n) is 5.12. The summed E-state index contributed by atoms with van der Waals surface area (Å²) in [7, 11) is 0. The number of rotatable bonds is 5. The Morgan fingerprint density at radius 2 is 2.21 bits per heavy atom. The fraction of sp³-hybridized carbons (Fsp3) is 0.636. The molecule has 0 spiro atoms. The van der Waals surface area contributed by atoms with Gasteiger partial charge in [-0.2, -0.15) is 0 Å². The minimum absolute atomic E-state index is 0.114. The third-order valence-corrected chi connectivity index (χ3v) is 3.41. The molecule has 0 saturated heterocycles. The van der Waals surface area contributed by atoms with E-state index in [9.17, 15) is 5.11 Å². The van der Waals surface area contributed by atoms with Gasteiger partial charge < -0.3 is 10.4 Å². The number of hydrogen-bond donors (Lipinski definition) is 2. The first-order valence-corrected chi connectivity index (χ1v) is 6.00. The molecule has 0 radical (unpaired) electrons. The van der Waals surface area contributed by atoms with Crippen molar-refractivity contribution >= 4 is 11.3 Å². The molecule has 0 aliphatic heterocycles. The number of thiophene rings is 1. The summed E-state index contributed by atoms with van der Waals surface area (Å²) in [5.74, 6) is 0. The number of hydrogen-bond acceptors (Lipinski definition) is 3. The summed E-state index contributed by atoms with van der Waals surface area (Å²) in [6.45, 7) is 6.30. The van der Waals surface area contributed by atoms with Crippen LogP contribution in [0.25, 0.3) is 0 Å². The zero-order valence-electron chi connectivity index (χ0n) is 9.03. The molecular weight excluding hydrogens is 194 g/mol. The van der Waals surface area contributed by atoms with Crippen LogP contribution in [0.4, 0.5) is 0 Å². The Balaban J connectivity index is 2.48. The summed E-state index contributed by atoms with van der Waals surface area (Å²) in [6.07, 6.45) is 0.700. The monoisotopic (exact) mass is 213 g/mol. The first-order chi connectivity index (χ1) is 6.65. The average Bonchev–Trinajstić information content (AvgIpc) is 2.69. The fourth-order valence-electron chi connectivity index (χ4n) is 1.36. The minimum atomic E-state index is -0.385. The van der Waals surface area contributed by atoms with Crippen LogP contribution < -0.4 is 5.32 Å². The van der Waals surface area contributed by atoms with Crippen molar-refractivity contribution < 1.29 is 5.11 Å². The molecular formula is C11H19NOS. The van der Waals surface area contributed by atoms with Crippen LogP contribution in [0.2, 0.25) is 0 Å². The Labute approximate surface area is 90.0 Å². The SMILES string of the molecule is CCC(C)NC(C)C(O)c1cccs1. The van der Waals surface area contributed by atoms with Crippen molar-refractivity contribution in [2.75, 3.05) is 0 Å². The van der Waals surface area contributed by atoms with Gasteiger partial charge in [0.1, 0.15) is 6.10 Å². The van der Waals surface area contributed by atoms with Crippen LogP contribution in [0.5, 0.6) is 0 Å². The minimum Gasteiger partial charge on any atom is -0.386 e. The fourth-order valence-corrected chi connectivity index (χ4v) is 2.18. The smallest absolute Gasteiger partial charge is 0.103 e. The lowest BCUT2D eigenvalue weighted by atomic mass is 10.1. The standard InChI is InChI=1S/C11H19NOS/c1-4-8(2)12-9(3)11(13)10-6-5-7-14-10/h5-9,11-13H,4H2,1-3H3. The van der Waals surface area contributed by atoms with Crippen molar-refractivity contribution in [2.24, 2.45) is 0 Å². The van der Waals surface area contributed by atoms with E-state index in [2.05, 4.69) is 19.2 Å². The topological polar surface area (TPSA) is 32.3 Å². The number of nitrogens with one attached hydrogen (secondary N) is 1. The van der Waals surface area contributed by atoms with Crippen LogP contribution in [0, 0.1) is 0 Å². The molecule has 80 valence electrons. The predicted molar refractivity (Wildman–Crippen MR) is 61.6 cm³/mol. The van der Waals surface area contributed by atoms with E-state index in [0.717, 1.165) is 11.3 Å². The maximum absolute atomic E-state index is 9.97. The Kier molecular flexibility index (Phi) is 4.58. The summed E-state index contributed by atoms with van der Waals surface area (Å²) in [5.41, 5.74) is 0. The number of aliphatic hydroxyl groups excluding tert-OH is 1. The Morgan fingerprint density at radius 1 is 1.50 bits per heavy atom. The normalized spacial score (nSPS) is 17.7. The Hall–Kier alpha value is -0.380. The highest BCUT2D eigenvalue weighted by Crippen LogP contribution is 2.21. The van der Waals surface area contributed by atoms with E-state index in [1.54, 1.807) is 11.3 Å². The van der Waals surface area contributed by atoms with Crippen molar-refractivity contribution in [3.8, 4) is 0 Å². The summed E-state index contributed by atoms with van der Waals surface area (Å²) >= 11 is 1.60. The molecule has 2 nitrogen and oxygen atoms in total. The number of aliphatic hydroxyl groups is 1. The third kappa shape index (κ3) is 3.08. The maximum atomic E-state index is 9.97. The molecule has 0 saturated carbocycles. The van der Waals surface area contributed by atoms with E-state index in [1.165, 1.54) is 0 Å². The molecule has 0 aliphatic carbocycles. The van der Waals surface area contributed by atoms with Gasteiger partial charge >= 0.3 is 0 Å². The molecule has 3 atom stereocenters. The quantitative estimate of drug-likeness (QED) is 0.788. The second-order valence-electron chi connectivity index (χ2n) is 3.72. The van der Waals surface area contributed by atoms with Crippen molar-refractivity contribution in [1.82, 2.24) is 5.32 Å². The second kappa shape index (κ2) is 5.49. The highest BCUT2D eigenvalue weighted by Gasteiger charge is 2.17. The zero-order chi connectivity index (χ0) is 10.6. The van der Waals surface area contributed by atoms with E-state index >= 15 is 0 Å². The van der Waals surface area contributed by atoms with Gasteiger partial charge in [-0.3, -0.25) is 0 Å². The molecule has 1 aromatic rings. The van der Waals surface area contributed by atoms with E-state index in [4.69, 9.17) is 0 Å². The molecule has 3 heteroatoms. The summed E-state index contributed by atoms with van der Waals surface area (Å²) in [6, 6.07) is 4.52. The van der Waals surface area contributed by atoms with Crippen LogP contribution in [0.1, 0.15) is 38.2 Å². The molecule has 0 bridgehead atoms. The van der Waals surface area contributed by atoms with Gasteiger partial charge in [0.05, 0.1) is 0 Å². The lowest BCUT2D eigenvalue weighted by molar-refractivity contribution is 0.133. The lowest BCUT2D eigenvalue weighted by Gasteiger charge is -2.22. The maximum Gasteiger partial charge on any atom is 0.103 e. The summed E-state index contributed by atoms with van der Waals surface area (Å²) in [4.78, 5) is 1.04.